The molecular weight excluding hydrogens is 424 g/mol. The summed E-state index contributed by atoms with van der Waals surface area (Å²) in [5.74, 6) is 1.82. The number of piperazine rings is 1. The van der Waals surface area contributed by atoms with E-state index < -0.39 is 6.10 Å². The molecule has 2 atom stereocenters. The minimum atomic E-state index is -0.663. The maximum atomic E-state index is 12.9. The Labute approximate surface area is 193 Å². The highest BCUT2D eigenvalue weighted by molar-refractivity contribution is 5.94. The third-order valence-corrected chi connectivity index (χ3v) is 6.22. The Bertz CT molecular complexity index is 981. The van der Waals surface area contributed by atoms with Crippen LogP contribution in [0.5, 0.6) is 17.2 Å². The van der Waals surface area contributed by atoms with Crippen LogP contribution in [-0.2, 0) is 9.53 Å². The van der Waals surface area contributed by atoms with Gasteiger partial charge in [0.2, 0.25) is 6.10 Å². The van der Waals surface area contributed by atoms with Crippen LogP contribution in [0.3, 0.4) is 0 Å². The first-order valence-electron chi connectivity index (χ1n) is 11.5. The van der Waals surface area contributed by atoms with Gasteiger partial charge >= 0.3 is 0 Å². The molecule has 3 aliphatic heterocycles. The molecule has 174 valence electrons. The van der Waals surface area contributed by atoms with Crippen LogP contribution >= 0.6 is 0 Å². The molecule has 2 amide bonds. The van der Waals surface area contributed by atoms with Crippen molar-refractivity contribution in [3.05, 3.63) is 54.1 Å². The van der Waals surface area contributed by atoms with Crippen molar-refractivity contribution in [2.45, 2.75) is 25.0 Å². The fourth-order valence-corrected chi connectivity index (χ4v) is 4.32. The summed E-state index contributed by atoms with van der Waals surface area (Å²) in [5, 5.41) is 0. The number of benzene rings is 2. The second-order valence-electron chi connectivity index (χ2n) is 8.45. The van der Waals surface area contributed by atoms with Crippen molar-refractivity contribution < 1.29 is 28.5 Å². The molecule has 0 spiro atoms. The monoisotopic (exact) mass is 452 g/mol. The maximum absolute atomic E-state index is 12.9. The van der Waals surface area contributed by atoms with Crippen LogP contribution in [0.2, 0.25) is 0 Å². The quantitative estimate of drug-likeness (QED) is 0.693. The van der Waals surface area contributed by atoms with E-state index in [2.05, 4.69) is 0 Å². The largest absolute Gasteiger partial charge is 0.491 e. The van der Waals surface area contributed by atoms with Crippen molar-refractivity contribution in [3.63, 3.8) is 0 Å². The van der Waals surface area contributed by atoms with Crippen molar-refractivity contribution in [2.24, 2.45) is 0 Å². The fourth-order valence-electron chi connectivity index (χ4n) is 4.32. The van der Waals surface area contributed by atoms with Crippen LogP contribution < -0.4 is 14.2 Å². The minimum absolute atomic E-state index is 0.0426. The van der Waals surface area contributed by atoms with Gasteiger partial charge in [0.25, 0.3) is 11.8 Å². The highest BCUT2D eigenvalue weighted by Crippen LogP contribution is 2.31. The second kappa shape index (κ2) is 9.70. The Balaban J connectivity index is 1.11. The van der Waals surface area contributed by atoms with Gasteiger partial charge in [-0.15, -0.1) is 0 Å². The van der Waals surface area contributed by atoms with E-state index in [1.165, 1.54) is 0 Å². The lowest BCUT2D eigenvalue weighted by Crippen LogP contribution is -2.55. The number of rotatable bonds is 5. The van der Waals surface area contributed by atoms with Crippen LogP contribution in [0.25, 0.3) is 0 Å². The molecule has 2 aromatic carbocycles. The Kier molecular flexibility index (Phi) is 6.35. The number of nitrogens with zero attached hydrogens (tertiary/aromatic N) is 2. The molecule has 33 heavy (non-hydrogen) atoms. The first kappa shape index (κ1) is 21.6. The molecule has 8 heteroatoms. The Hall–Kier alpha value is -3.26. The van der Waals surface area contributed by atoms with Gasteiger partial charge in [-0.1, -0.05) is 12.1 Å². The summed E-state index contributed by atoms with van der Waals surface area (Å²) >= 11 is 0. The molecular formula is C25H28N2O6. The number of amides is 2. The third kappa shape index (κ3) is 4.90. The molecule has 0 saturated carbocycles. The maximum Gasteiger partial charge on any atom is 0.267 e. The van der Waals surface area contributed by atoms with Crippen LogP contribution in [0.1, 0.15) is 23.2 Å². The zero-order valence-corrected chi connectivity index (χ0v) is 18.5. The fraction of sp³-hybridized carbons (Fsp3) is 0.440. The molecule has 0 aliphatic carbocycles. The molecule has 3 aliphatic rings. The molecule has 3 heterocycles. The van der Waals surface area contributed by atoms with Gasteiger partial charge in [0, 0.05) is 38.3 Å². The van der Waals surface area contributed by atoms with E-state index >= 15 is 0 Å². The predicted molar refractivity (Wildman–Crippen MR) is 120 cm³/mol. The Morgan fingerprint density at radius 3 is 2.39 bits per heavy atom. The standard InChI is InChI=1S/C25H28N2O6/c28-24(18-7-9-19(10-8-18)31-16-20-4-3-15-30-20)26-11-13-27(14-12-26)25(29)23-17-32-21-5-1-2-6-22(21)33-23/h1-2,5-10,20,23H,3-4,11-17H2/t20-,23+/m1/s1. The topological polar surface area (TPSA) is 77.5 Å². The van der Waals surface area contributed by atoms with E-state index in [1.807, 2.05) is 30.3 Å². The van der Waals surface area contributed by atoms with Gasteiger partial charge in [0.05, 0.1) is 6.10 Å². The number of fused-ring (bicyclic) bond motifs is 1. The summed E-state index contributed by atoms with van der Waals surface area (Å²) < 4.78 is 22.8. The molecule has 2 aromatic rings. The number of hydrogen-bond acceptors (Lipinski definition) is 6. The van der Waals surface area contributed by atoms with E-state index in [0.29, 0.717) is 49.8 Å². The summed E-state index contributed by atoms with van der Waals surface area (Å²) in [4.78, 5) is 29.3. The molecule has 0 N–H and O–H groups in total. The molecule has 0 bridgehead atoms. The van der Waals surface area contributed by atoms with Crippen LogP contribution in [0.4, 0.5) is 0 Å². The van der Waals surface area contributed by atoms with Crippen molar-refractivity contribution in [3.8, 4) is 17.2 Å². The predicted octanol–water partition coefficient (Wildman–Crippen LogP) is 2.37. The molecule has 8 nitrogen and oxygen atoms in total. The number of carbonyl (C=O) groups excluding carboxylic acids is 2. The van der Waals surface area contributed by atoms with Gasteiger partial charge in [0.15, 0.2) is 11.5 Å². The van der Waals surface area contributed by atoms with Gasteiger partial charge in [-0.2, -0.15) is 0 Å². The normalized spacial score (nSPS) is 22.2. The van der Waals surface area contributed by atoms with Crippen LogP contribution in [0, 0.1) is 0 Å². The van der Waals surface area contributed by atoms with Gasteiger partial charge < -0.3 is 28.7 Å². The van der Waals surface area contributed by atoms with Gasteiger partial charge in [-0.3, -0.25) is 9.59 Å². The van der Waals surface area contributed by atoms with E-state index in [9.17, 15) is 9.59 Å². The number of carbonyl (C=O) groups is 2. The minimum Gasteiger partial charge on any atom is -0.491 e. The van der Waals surface area contributed by atoms with Crippen molar-refractivity contribution in [1.82, 2.24) is 9.80 Å². The average Bonchev–Trinajstić information content (AvgIpc) is 3.40. The van der Waals surface area contributed by atoms with E-state index in [1.54, 1.807) is 28.0 Å². The number of ether oxygens (including phenoxy) is 4. The summed E-state index contributed by atoms with van der Waals surface area (Å²) in [5.41, 5.74) is 0.611. The van der Waals surface area contributed by atoms with E-state index in [0.717, 1.165) is 25.2 Å². The first-order chi connectivity index (χ1) is 16.2. The zero-order valence-electron chi connectivity index (χ0n) is 18.5. The molecule has 0 radical (unpaired) electrons. The van der Waals surface area contributed by atoms with Crippen LogP contribution in [0.15, 0.2) is 48.5 Å². The van der Waals surface area contributed by atoms with E-state index in [4.69, 9.17) is 18.9 Å². The lowest BCUT2D eigenvalue weighted by atomic mass is 10.1. The molecule has 0 aromatic heterocycles. The Morgan fingerprint density at radius 2 is 1.67 bits per heavy atom. The lowest BCUT2D eigenvalue weighted by molar-refractivity contribution is -0.142. The molecule has 5 rings (SSSR count). The van der Waals surface area contributed by atoms with Gasteiger partial charge in [-0.25, -0.2) is 0 Å². The summed E-state index contributed by atoms with van der Waals surface area (Å²) in [6.45, 7) is 3.41. The zero-order chi connectivity index (χ0) is 22.6. The van der Waals surface area contributed by atoms with Crippen LogP contribution in [-0.4, -0.2) is 79.8 Å². The molecule has 2 fully saturated rings. The smallest absolute Gasteiger partial charge is 0.267 e. The highest BCUT2D eigenvalue weighted by atomic mass is 16.6. The molecule has 2 saturated heterocycles. The lowest BCUT2D eigenvalue weighted by Gasteiger charge is -2.37. The average molecular weight is 453 g/mol. The Morgan fingerprint density at radius 1 is 0.939 bits per heavy atom. The molecule has 0 unspecified atom stereocenters. The van der Waals surface area contributed by atoms with Crippen molar-refractivity contribution in [1.29, 1.82) is 0 Å². The number of hydrogen-bond donors (Lipinski definition) is 0. The van der Waals surface area contributed by atoms with Crippen molar-refractivity contribution >= 4 is 11.8 Å². The second-order valence-corrected chi connectivity index (χ2v) is 8.45. The summed E-state index contributed by atoms with van der Waals surface area (Å²) in [6.07, 6.45) is 1.60. The highest BCUT2D eigenvalue weighted by Gasteiger charge is 2.33. The SMILES string of the molecule is O=C(c1ccc(OC[C@H]2CCCO2)cc1)N1CCN(C(=O)[C@@H]2COc3ccccc3O2)CC1. The van der Waals surface area contributed by atoms with E-state index in [-0.39, 0.29) is 24.5 Å². The number of para-hydroxylation sites is 2. The van der Waals surface area contributed by atoms with Gasteiger partial charge in [0.1, 0.15) is 19.0 Å². The summed E-state index contributed by atoms with van der Waals surface area (Å²) in [6, 6.07) is 14.5. The third-order valence-electron chi connectivity index (χ3n) is 6.22. The summed E-state index contributed by atoms with van der Waals surface area (Å²) in [7, 11) is 0. The van der Waals surface area contributed by atoms with Gasteiger partial charge in [-0.05, 0) is 49.2 Å². The first-order valence-corrected chi connectivity index (χ1v) is 11.5. The van der Waals surface area contributed by atoms with Crippen molar-refractivity contribution in [2.75, 3.05) is 46.0 Å².